The summed E-state index contributed by atoms with van der Waals surface area (Å²) >= 11 is 5.54. The molecule has 4 aromatic heterocycles. The van der Waals surface area contributed by atoms with E-state index in [-0.39, 0.29) is 47.4 Å². The molecule has 0 amide bonds. The van der Waals surface area contributed by atoms with E-state index in [1.807, 2.05) is 152 Å². The quantitative estimate of drug-likeness (QED) is 0.0252. The summed E-state index contributed by atoms with van der Waals surface area (Å²) in [6.07, 6.45) is 8.82. The van der Waals surface area contributed by atoms with E-state index < -0.39 is 34.8 Å². The highest BCUT2D eigenvalue weighted by molar-refractivity contribution is 7.88. The van der Waals surface area contributed by atoms with Gasteiger partial charge in [-0.05, 0) is 174 Å². The number of aromatic nitrogens is 4. The third kappa shape index (κ3) is 21.8. The van der Waals surface area contributed by atoms with Crippen LogP contribution in [0.25, 0.3) is 0 Å². The third-order valence-electron chi connectivity index (χ3n) is 21.6. The van der Waals surface area contributed by atoms with Crippen LogP contribution in [0.4, 0.5) is 13.2 Å². The van der Waals surface area contributed by atoms with Crippen LogP contribution < -0.4 is 65.1 Å². The molecule has 21 nitrogen and oxygen atoms in total. The molecule has 0 spiro atoms. The van der Waals surface area contributed by atoms with Crippen molar-refractivity contribution in [3.63, 3.8) is 0 Å². The van der Waals surface area contributed by atoms with Crippen LogP contribution in [0.1, 0.15) is 106 Å². The molecule has 5 aliphatic rings. The van der Waals surface area contributed by atoms with Gasteiger partial charge in [0, 0.05) is 106 Å². The van der Waals surface area contributed by atoms with Crippen LogP contribution in [0.15, 0.2) is 248 Å². The van der Waals surface area contributed by atoms with Gasteiger partial charge in [0.15, 0.2) is 42.7 Å². The summed E-state index contributed by atoms with van der Waals surface area (Å²) in [5, 5.41) is 34.8. The number of aryl methyl sites for hydroxylation is 1. The molecule has 4 bridgehead atoms. The highest BCUT2D eigenvalue weighted by Crippen LogP contribution is 2.56. The number of carbonyl (C=O) groups is 2. The minimum atomic E-state index is -5.61. The number of alkyl halides is 4. The van der Waals surface area contributed by atoms with Gasteiger partial charge in [-0.2, -0.15) is 35.8 Å². The van der Waals surface area contributed by atoms with Crippen LogP contribution in [0.3, 0.4) is 0 Å². The summed E-state index contributed by atoms with van der Waals surface area (Å²) in [5.41, 5.74) is 10.1. The molecule has 2 fully saturated rings. The molecular formula is C92H101Cl2F3N8O13SSi. The van der Waals surface area contributed by atoms with Crippen molar-refractivity contribution in [2.75, 3.05) is 42.1 Å². The molecule has 0 aliphatic carbocycles. The second-order valence-electron chi connectivity index (χ2n) is 30.1. The van der Waals surface area contributed by atoms with Crippen molar-refractivity contribution >= 4 is 52.3 Å². The van der Waals surface area contributed by atoms with Gasteiger partial charge in [-0.3, -0.25) is 24.4 Å². The molecule has 11 aromatic rings. The second kappa shape index (κ2) is 41.0. The number of benzene rings is 7. The maximum atomic E-state index is 13.4. The first-order valence-electron chi connectivity index (χ1n) is 38.5. The number of Topliss-reactive ketones (excluding diaryl/α,β-unsaturated/α-hetero) is 2. The smallest absolute Gasteiger partial charge is 0.534 e. The van der Waals surface area contributed by atoms with Gasteiger partial charge in [0.05, 0.1) is 49.3 Å². The molecule has 5 unspecified atom stereocenters. The summed E-state index contributed by atoms with van der Waals surface area (Å²) in [6.45, 7) is 19.0. The van der Waals surface area contributed by atoms with Gasteiger partial charge in [0.2, 0.25) is 17.4 Å². The predicted octanol–water partition coefficient (Wildman–Crippen LogP) is 12.3. The number of ether oxygens (including phenoxy) is 5. The van der Waals surface area contributed by atoms with E-state index in [9.17, 15) is 41.4 Å². The predicted molar refractivity (Wildman–Crippen MR) is 452 cm³/mol. The molecule has 632 valence electrons. The maximum Gasteiger partial charge on any atom is 0.534 e. The Labute approximate surface area is 712 Å². The van der Waals surface area contributed by atoms with E-state index in [1.165, 1.54) is 45.5 Å². The largest absolute Gasteiger partial charge is 1.00 e. The number of pyridine rings is 4. The maximum absolute atomic E-state index is 13.4. The van der Waals surface area contributed by atoms with Crippen LogP contribution >= 0.6 is 11.6 Å². The Morgan fingerprint density at radius 1 is 0.583 bits per heavy atom. The average Bonchev–Trinajstić information content (AvgIpc) is 1.53. The van der Waals surface area contributed by atoms with Gasteiger partial charge in [-0.15, -0.1) is 11.6 Å². The summed E-state index contributed by atoms with van der Waals surface area (Å²) in [7, 11) is 0.632. The van der Waals surface area contributed by atoms with Gasteiger partial charge in [0.25, 0.3) is 0 Å². The normalized spacial score (nSPS) is 17.6. The standard InChI is InChI=1S/C21H21N3O2.C20H21NO2.2C14H15NO2.C10H13F3O3SSi.C7H8ClNO.C6H7NO.ClH/c1-21-17-6-4-3-5-15(17)19(16-11-22-23-18(16)20(21)25)24(21)12-13-7-9-14(26-2)10-8-13;1-20-17-6-4-3-5-16(17)18(11-12-19(20)22)21(20)13-14-7-9-15(23-2)10-8-14;2*1-11-14(16)4-3-9-15(11)10-12-5-7-13(17-2)8-6-12;1-18(2,3)9-7-5-4-6-8(9)16-17(14,15)10(11,12)13;1-10-7-3-2-6(4-8)5-9-7;1-5-6(8)3-2-4-7-5;/h3-10,16,19,22H,11-12H2,1-2H3;3-10,18H,11-13H2,1-2H3;2*3-9H,10H2,1-2H3;4-7H,1-3H3;2-3,5H,4H2,1H3;2-4,8H,1H3;1H. The van der Waals surface area contributed by atoms with Crippen molar-refractivity contribution in [1.29, 1.82) is 0 Å². The molecule has 16 rings (SSSR count). The fourth-order valence-electron chi connectivity index (χ4n) is 14.8. The SMILES string of the molecule is COc1ccc(CCl)cn1.COc1ccc(CN2C3CCC(=O)C2(C)c2ccccc23)cc1.COc1ccc(CN2C3c4ccccc4C2(C)C(=O)C2=NNCC23)cc1.COc1ccc(C[n+]2cccc(O)c2C)cc1.COc1ccc(C[n+]2cccc([O-])c2C)cc1.C[Si](C)(C)c1ccccc1OS(=O)(=O)C(F)(F)F.Cc1ncccc1O.[Cl-]. The summed E-state index contributed by atoms with van der Waals surface area (Å²) in [5.74, 6) is 5.50. The van der Waals surface area contributed by atoms with Crippen molar-refractivity contribution < 1.29 is 95.9 Å². The number of hydrogen-bond acceptors (Lipinski definition) is 19. The number of hydrazone groups is 1. The number of fused-ring (bicyclic) bond motifs is 12. The zero-order valence-electron chi connectivity index (χ0n) is 69.3. The Morgan fingerprint density at radius 3 is 1.56 bits per heavy atom. The highest BCUT2D eigenvalue weighted by atomic mass is 35.5. The fraction of sp³-hybridized carbons (Fsp3) is 0.293. The molecule has 0 saturated carbocycles. The molecule has 7 aromatic carbocycles. The lowest BCUT2D eigenvalue weighted by Crippen LogP contribution is -3.00. The van der Waals surface area contributed by atoms with Gasteiger partial charge in [0.1, 0.15) is 51.3 Å². The molecule has 5 aliphatic heterocycles. The number of halogens is 5. The Bertz CT molecular complexity index is 5290. The lowest BCUT2D eigenvalue weighted by atomic mass is 9.79. The number of aromatic hydroxyl groups is 2. The topological polar surface area (TPSA) is 252 Å². The van der Waals surface area contributed by atoms with Crippen molar-refractivity contribution in [3.8, 4) is 51.9 Å². The lowest BCUT2D eigenvalue weighted by Gasteiger charge is -2.44. The summed E-state index contributed by atoms with van der Waals surface area (Å²) in [6, 6.07) is 69.1. The summed E-state index contributed by atoms with van der Waals surface area (Å²) in [4.78, 5) is 38.7. The fourth-order valence-corrected chi connectivity index (χ4v) is 17.0. The van der Waals surface area contributed by atoms with Crippen LogP contribution in [0.2, 0.25) is 19.6 Å². The van der Waals surface area contributed by atoms with Gasteiger partial charge in [-0.1, -0.05) is 123 Å². The van der Waals surface area contributed by atoms with E-state index in [1.54, 1.807) is 103 Å². The molecule has 28 heteroatoms. The molecule has 5 atom stereocenters. The Morgan fingerprint density at radius 2 is 1.07 bits per heavy atom. The molecule has 9 heterocycles. The van der Waals surface area contributed by atoms with Crippen molar-refractivity contribution in [1.82, 2.24) is 25.2 Å². The van der Waals surface area contributed by atoms with Crippen LogP contribution in [0.5, 0.6) is 51.9 Å². The minimum absolute atomic E-state index is 0. The van der Waals surface area contributed by atoms with E-state index in [0.717, 1.165) is 83.7 Å². The zero-order valence-corrected chi connectivity index (χ0v) is 72.6. The molecular weight excluding hydrogens is 1610 g/mol. The number of para-hydroxylation sites is 1. The Hall–Kier alpha value is -11.4. The van der Waals surface area contributed by atoms with Crippen molar-refractivity contribution in [3.05, 3.63) is 310 Å². The third-order valence-corrected chi connectivity index (χ3v) is 24.9. The van der Waals surface area contributed by atoms with Gasteiger partial charge >= 0.3 is 15.6 Å². The van der Waals surface area contributed by atoms with Gasteiger partial charge < -0.3 is 61.0 Å². The Balaban J connectivity index is 0.000000163. The highest BCUT2D eigenvalue weighted by Gasteiger charge is 2.62. The monoisotopic (exact) mass is 1710 g/mol. The van der Waals surface area contributed by atoms with Crippen molar-refractivity contribution in [2.45, 2.75) is 128 Å². The number of rotatable bonds is 17. The van der Waals surface area contributed by atoms with Gasteiger partial charge in [-0.25, -0.2) is 4.98 Å². The number of nitrogens with one attached hydrogen (secondary N) is 1. The van der Waals surface area contributed by atoms with Crippen LogP contribution in [0, 0.1) is 26.7 Å². The number of methoxy groups -OCH3 is 5. The number of ketones is 2. The average molecular weight is 1710 g/mol. The molecule has 0 radical (unpaired) electrons. The van der Waals surface area contributed by atoms with E-state index in [4.69, 9.17) is 40.4 Å². The Kier molecular flexibility index (Phi) is 31.6. The van der Waals surface area contributed by atoms with Crippen molar-refractivity contribution in [2.24, 2.45) is 11.0 Å². The zero-order chi connectivity index (χ0) is 86.0. The summed E-state index contributed by atoms with van der Waals surface area (Å²) < 4.78 is 92.4. The number of hydrogen-bond donors (Lipinski definition) is 3. The van der Waals surface area contributed by atoms with E-state index >= 15 is 0 Å². The molecule has 2 saturated heterocycles. The van der Waals surface area contributed by atoms with E-state index in [2.05, 4.69) is 109 Å². The first-order chi connectivity index (χ1) is 56.8. The second-order valence-corrected chi connectivity index (χ2v) is 36.9. The molecule has 120 heavy (non-hydrogen) atoms. The number of nitrogens with zero attached hydrogens (tertiary/aromatic N) is 7. The minimum Gasteiger partial charge on any atom is -1.00 e. The lowest BCUT2D eigenvalue weighted by molar-refractivity contribution is -0.696. The number of piperidine rings is 2. The van der Waals surface area contributed by atoms with Crippen LogP contribution in [-0.4, -0.2) is 111 Å². The first kappa shape index (κ1) is 92.5. The van der Waals surface area contributed by atoms with Crippen LogP contribution in [-0.2, 0) is 62.8 Å². The molecule has 3 N–H and O–H groups in total. The number of carbonyl (C=O) groups excluding carboxylic acids is 2. The first-order valence-corrected chi connectivity index (χ1v) is 44.0. The van der Waals surface area contributed by atoms with E-state index in [0.29, 0.717) is 58.9 Å².